The molecule has 1 N–H and O–H groups in total. The first kappa shape index (κ1) is 23.2. The predicted molar refractivity (Wildman–Crippen MR) is 134 cm³/mol. The van der Waals surface area contributed by atoms with E-state index < -0.39 is 0 Å². The van der Waals surface area contributed by atoms with Crippen LogP contribution in [0.5, 0.6) is 5.75 Å². The number of nitrogens with one attached hydrogen (secondary N) is 1. The number of aryl methyl sites for hydroxylation is 2. The molecule has 2 aliphatic carbocycles. The Labute approximate surface area is 209 Å². The molecule has 0 bridgehead atoms. The van der Waals surface area contributed by atoms with E-state index in [0.717, 1.165) is 30.2 Å². The monoisotopic (exact) mass is 496 g/mol. The van der Waals surface area contributed by atoms with Crippen LogP contribution in [-0.4, -0.2) is 26.4 Å². The summed E-state index contributed by atoms with van der Waals surface area (Å²) in [7, 11) is 0. The third kappa shape index (κ3) is 5.41. The maximum atomic E-state index is 12.7. The van der Waals surface area contributed by atoms with Gasteiger partial charge >= 0.3 is 0 Å². The molecule has 3 aromatic rings. The van der Waals surface area contributed by atoms with Gasteiger partial charge in [0.1, 0.15) is 12.4 Å². The van der Waals surface area contributed by atoms with Crippen LogP contribution in [0.1, 0.15) is 67.2 Å². The van der Waals surface area contributed by atoms with Crippen LogP contribution in [-0.2, 0) is 24.2 Å². The summed E-state index contributed by atoms with van der Waals surface area (Å²) in [5.41, 5.74) is 4.06. The van der Waals surface area contributed by atoms with Crippen molar-refractivity contribution in [3.63, 3.8) is 0 Å². The summed E-state index contributed by atoms with van der Waals surface area (Å²) in [4.78, 5) is 12.7. The van der Waals surface area contributed by atoms with E-state index in [1.807, 2.05) is 25.1 Å². The first-order valence-electron chi connectivity index (χ1n) is 11.9. The summed E-state index contributed by atoms with van der Waals surface area (Å²) in [6, 6.07) is 14.4. The number of ether oxygens (including phenoxy) is 1. The Kier molecular flexibility index (Phi) is 7.11. The van der Waals surface area contributed by atoms with E-state index in [2.05, 4.69) is 38.3 Å². The van der Waals surface area contributed by atoms with Crippen LogP contribution >= 0.6 is 23.4 Å². The SMILES string of the molecule is CC(NC(=O)CSc1nnc(COc2ccccc2Cl)n1C1CC1)c1ccc2c(c1)CCCC2. The lowest BCUT2D eigenvalue weighted by molar-refractivity contribution is -0.119. The standard InChI is InChI=1S/C26H29ClN4O2S/c1-17(19-11-10-18-6-2-3-7-20(18)14-19)28-25(32)16-34-26-30-29-24(31(26)21-12-13-21)15-33-23-9-5-4-8-22(23)27/h4-5,8-11,14,17,21H,2-3,6-7,12-13,15-16H2,1H3,(H,28,32). The lowest BCUT2D eigenvalue weighted by Gasteiger charge is -2.20. The number of thioether (sulfide) groups is 1. The van der Waals surface area contributed by atoms with Crippen LogP contribution in [0.2, 0.25) is 5.02 Å². The normalized spacial score (nSPS) is 16.1. The van der Waals surface area contributed by atoms with E-state index in [1.54, 1.807) is 6.07 Å². The van der Waals surface area contributed by atoms with Crippen molar-refractivity contribution in [1.29, 1.82) is 0 Å². The third-order valence-corrected chi connectivity index (χ3v) is 7.68. The molecule has 1 heterocycles. The highest BCUT2D eigenvalue weighted by molar-refractivity contribution is 7.99. The van der Waals surface area contributed by atoms with Gasteiger partial charge in [-0.25, -0.2) is 0 Å². The van der Waals surface area contributed by atoms with E-state index in [4.69, 9.17) is 16.3 Å². The topological polar surface area (TPSA) is 69.0 Å². The Morgan fingerprint density at radius 2 is 1.97 bits per heavy atom. The number of halogens is 1. The molecule has 0 aliphatic heterocycles. The second-order valence-electron chi connectivity index (χ2n) is 9.03. The molecule has 2 aromatic carbocycles. The number of carbonyl (C=O) groups excluding carboxylic acids is 1. The van der Waals surface area contributed by atoms with E-state index in [-0.39, 0.29) is 18.6 Å². The Hall–Kier alpha value is -2.51. The van der Waals surface area contributed by atoms with Gasteiger partial charge in [0.2, 0.25) is 5.91 Å². The maximum Gasteiger partial charge on any atom is 0.230 e. The summed E-state index contributed by atoms with van der Waals surface area (Å²) in [5.74, 6) is 1.67. The largest absolute Gasteiger partial charge is 0.484 e. The molecule has 1 atom stereocenters. The van der Waals surface area contributed by atoms with Gasteiger partial charge in [-0.2, -0.15) is 0 Å². The molecule has 1 unspecified atom stereocenters. The number of para-hydroxylation sites is 1. The fourth-order valence-electron chi connectivity index (χ4n) is 4.43. The van der Waals surface area contributed by atoms with E-state index in [1.165, 1.54) is 47.7 Å². The average molecular weight is 497 g/mol. The highest BCUT2D eigenvalue weighted by atomic mass is 35.5. The zero-order valence-corrected chi connectivity index (χ0v) is 20.9. The number of aromatic nitrogens is 3. The summed E-state index contributed by atoms with van der Waals surface area (Å²) in [5, 5.41) is 13.2. The zero-order valence-electron chi connectivity index (χ0n) is 19.3. The van der Waals surface area contributed by atoms with Crippen molar-refractivity contribution in [3.05, 3.63) is 70.0 Å². The van der Waals surface area contributed by atoms with Crippen LogP contribution in [0.4, 0.5) is 0 Å². The Bertz CT molecular complexity index is 1180. The second-order valence-corrected chi connectivity index (χ2v) is 10.4. The maximum absolute atomic E-state index is 12.7. The Balaban J connectivity index is 1.18. The Morgan fingerprint density at radius 1 is 1.18 bits per heavy atom. The number of carbonyl (C=O) groups is 1. The van der Waals surface area contributed by atoms with E-state index in [9.17, 15) is 4.79 Å². The first-order chi connectivity index (χ1) is 16.6. The lowest BCUT2D eigenvalue weighted by atomic mass is 9.89. The number of amides is 1. The summed E-state index contributed by atoms with van der Waals surface area (Å²) < 4.78 is 7.99. The van der Waals surface area contributed by atoms with Crippen LogP contribution in [0, 0.1) is 0 Å². The zero-order chi connectivity index (χ0) is 23.5. The second kappa shape index (κ2) is 10.4. The van der Waals surface area contributed by atoms with Crippen molar-refractivity contribution in [2.45, 2.75) is 69.3 Å². The highest BCUT2D eigenvalue weighted by Gasteiger charge is 2.30. The number of benzene rings is 2. The fraction of sp³-hybridized carbons (Fsp3) is 0.423. The molecule has 0 spiro atoms. The average Bonchev–Trinajstić information content (AvgIpc) is 3.61. The van der Waals surface area contributed by atoms with Crippen molar-refractivity contribution in [2.24, 2.45) is 0 Å². The van der Waals surface area contributed by atoms with Gasteiger partial charge in [-0.15, -0.1) is 10.2 Å². The lowest BCUT2D eigenvalue weighted by Crippen LogP contribution is -2.28. The molecule has 1 fully saturated rings. The van der Waals surface area contributed by atoms with Crippen LogP contribution in [0.25, 0.3) is 0 Å². The number of hydrogen-bond acceptors (Lipinski definition) is 5. The van der Waals surface area contributed by atoms with Gasteiger partial charge in [0.15, 0.2) is 11.0 Å². The quantitative estimate of drug-likeness (QED) is 0.385. The number of fused-ring (bicyclic) bond motifs is 1. The molecular formula is C26H29ClN4O2S. The number of hydrogen-bond donors (Lipinski definition) is 1. The van der Waals surface area contributed by atoms with Crippen LogP contribution in [0.15, 0.2) is 47.6 Å². The number of rotatable bonds is 9. The van der Waals surface area contributed by atoms with Gasteiger partial charge in [-0.3, -0.25) is 9.36 Å². The van der Waals surface area contributed by atoms with Gasteiger partial charge in [0.05, 0.1) is 16.8 Å². The van der Waals surface area contributed by atoms with Gasteiger partial charge in [-0.05, 0) is 74.3 Å². The van der Waals surface area contributed by atoms with Gasteiger partial charge in [-0.1, -0.05) is 53.7 Å². The van der Waals surface area contributed by atoms with E-state index in [0.29, 0.717) is 22.6 Å². The van der Waals surface area contributed by atoms with Crippen molar-refractivity contribution in [1.82, 2.24) is 20.1 Å². The van der Waals surface area contributed by atoms with Crippen LogP contribution in [0.3, 0.4) is 0 Å². The molecule has 34 heavy (non-hydrogen) atoms. The summed E-state index contributed by atoms with van der Waals surface area (Å²) >= 11 is 7.62. The van der Waals surface area contributed by atoms with Gasteiger partial charge < -0.3 is 10.1 Å². The molecule has 1 saturated carbocycles. The summed E-state index contributed by atoms with van der Waals surface area (Å²) in [6.07, 6.45) is 7.01. The minimum atomic E-state index is -0.0267. The molecule has 1 amide bonds. The first-order valence-corrected chi connectivity index (χ1v) is 13.3. The minimum Gasteiger partial charge on any atom is -0.484 e. The van der Waals surface area contributed by atoms with Crippen molar-refractivity contribution < 1.29 is 9.53 Å². The number of nitrogens with zero attached hydrogens (tertiary/aromatic N) is 3. The fourth-order valence-corrected chi connectivity index (χ4v) is 5.45. The smallest absolute Gasteiger partial charge is 0.230 e. The third-order valence-electron chi connectivity index (χ3n) is 6.42. The molecule has 178 valence electrons. The molecule has 8 heteroatoms. The molecule has 0 radical (unpaired) electrons. The highest BCUT2D eigenvalue weighted by Crippen LogP contribution is 2.39. The van der Waals surface area contributed by atoms with Crippen molar-refractivity contribution in [2.75, 3.05) is 5.75 Å². The minimum absolute atomic E-state index is 0.00515. The molecule has 0 saturated heterocycles. The van der Waals surface area contributed by atoms with Crippen LogP contribution < -0.4 is 10.1 Å². The summed E-state index contributed by atoms with van der Waals surface area (Å²) in [6.45, 7) is 2.33. The molecule has 1 aromatic heterocycles. The van der Waals surface area contributed by atoms with Gasteiger partial charge in [0, 0.05) is 6.04 Å². The predicted octanol–water partition coefficient (Wildman–Crippen LogP) is 5.69. The molecule has 5 rings (SSSR count). The van der Waals surface area contributed by atoms with E-state index >= 15 is 0 Å². The molecule has 2 aliphatic rings. The molecular weight excluding hydrogens is 468 g/mol. The van der Waals surface area contributed by atoms with Crippen molar-refractivity contribution in [3.8, 4) is 5.75 Å². The molecule has 6 nitrogen and oxygen atoms in total. The van der Waals surface area contributed by atoms with Crippen molar-refractivity contribution >= 4 is 29.3 Å². The Morgan fingerprint density at radius 3 is 2.76 bits per heavy atom. The van der Waals surface area contributed by atoms with Gasteiger partial charge in [0.25, 0.3) is 0 Å².